The third-order valence-electron chi connectivity index (χ3n) is 2.61. The molecule has 7 heteroatoms. The number of hydrogen-bond acceptors (Lipinski definition) is 5. The van der Waals surface area contributed by atoms with Gasteiger partial charge in [-0.15, -0.1) is 10.2 Å². The summed E-state index contributed by atoms with van der Waals surface area (Å²) in [5, 5.41) is 10.1. The molecule has 0 saturated carbocycles. The van der Waals surface area contributed by atoms with E-state index in [-0.39, 0.29) is 11.3 Å². The van der Waals surface area contributed by atoms with Gasteiger partial charge in [-0.05, 0) is 25.1 Å². The van der Waals surface area contributed by atoms with Crippen LogP contribution >= 0.6 is 0 Å². The maximum absolute atomic E-state index is 12.1. The highest BCUT2D eigenvalue weighted by Crippen LogP contribution is 2.15. The predicted molar refractivity (Wildman–Crippen MR) is 76.1 cm³/mol. The van der Waals surface area contributed by atoms with Crippen molar-refractivity contribution in [2.24, 2.45) is 5.73 Å². The lowest BCUT2D eigenvalue weighted by Crippen LogP contribution is -2.19. The Hall–Kier alpha value is -2.96. The van der Waals surface area contributed by atoms with Crippen LogP contribution in [0.15, 0.2) is 36.4 Å². The first-order chi connectivity index (χ1) is 10.1. The fourth-order valence-electron chi connectivity index (χ4n) is 1.66. The summed E-state index contributed by atoms with van der Waals surface area (Å²) in [6, 6.07) is 9.49. The van der Waals surface area contributed by atoms with Crippen LogP contribution in [0.1, 0.15) is 27.8 Å². The Morgan fingerprint density at radius 3 is 2.57 bits per heavy atom. The van der Waals surface area contributed by atoms with Crippen LogP contribution in [0.4, 0.5) is 5.69 Å². The zero-order valence-corrected chi connectivity index (χ0v) is 11.4. The summed E-state index contributed by atoms with van der Waals surface area (Å²) in [6.07, 6.45) is 0. The van der Waals surface area contributed by atoms with Crippen LogP contribution in [-0.4, -0.2) is 28.6 Å². The molecule has 0 aliphatic carbocycles. The van der Waals surface area contributed by atoms with E-state index < -0.39 is 11.8 Å². The second-order valence-electron chi connectivity index (χ2n) is 4.05. The molecule has 0 spiro atoms. The maximum Gasteiger partial charge on any atom is 0.276 e. The molecule has 1 aromatic carbocycles. The van der Waals surface area contributed by atoms with Crippen LogP contribution in [0.3, 0.4) is 0 Å². The van der Waals surface area contributed by atoms with Gasteiger partial charge in [-0.1, -0.05) is 12.1 Å². The number of para-hydroxylation sites is 1. The molecular weight excluding hydrogens is 272 g/mol. The number of ether oxygens (including phenoxy) is 1. The second-order valence-corrected chi connectivity index (χ2v) is 4.05. The lowest BCUT2D eigenvalue weighted by Gasteiger charge is -2.08. The van der Waals surface area contributed by atoms with Gasteiger partial charge >= 0.3 is 0 Å². The Kier molecular flexibility index (Phi) is 4.45. The highest BCUT2D eigenvalue weighted by molar-refractivity contribution is 6.07. The first kappa shape index (κ1) is 14.4. The van der Waals surface area contributed by atoms with Crippen molar-refractivity contribution >= 4 is 17.5 Å². The fraction of sp³-hybridized carbons (Fsp3) is 0.143. The molecule has 0 bridgehead atoms. The van der Waals surface area contributed by atoms with E-state index in [1.54, 1.807) is 24.3 Å². The Bertz CT molecular complexity index is 656. The average molecular weight is 286 g/mol. The van der Waals surface area contributed by atoms with Gasteiger partial charge in [0.25, 0.3) is 11.8 Å². The van der Waals surface area contributed by atoms with Crippen molar-refractivity contribution in [3.05, 3.63) is 47.7 Å². The molecule has 0 radical (unpaired) electrons. The largest absolute Gasteiger partial charge is 0.477 e. The average Bonchev–Trinajstić information content (AvgIpc) is 2.48. The lowest BCUT2D eigenvalue weighted by atomic mass is 10.1. The van der Waals surface area contributed by atoms with E-state index in [0.717, 1.165) is 0 Å². The number of hydrogen-bond donors (Lipinski definition) is 2. The van der Waals surface area contributed by atoms with Crippen LogP contribution in [-0.2, 0) is 0 Å². The number of nitrogens with one attached hydrogen (secondary N) is 1. The Morgan fingerprint density at radius 1 is 1.19 bits per heavy atom. The summed E-state index contributed by atoms with van der Waals surface area (Å²) >= 11 is 0. The molecule has 0 aliphatic heterocycles. The number of carbonyl (C=O) groups is 2. The van der Waals surface area contributed by atoms with Crippen molar-refractivity contribution in [1.29, 1.82) is 0 Å². The van der Waals surface area contributed by atoms with E-state index in [0.29, 0.717) is 18.2 Å². The number of benzene rings is 1. The third kappa shape index (κ3) is 3.53. The Morgan fingerprint density at radius 2 is 1.95 bits per heavy atom. The highest BCUT2D eigenvalue weighted by Gasteiger charge is 2.13. The smallest absolute Gasteiger partial charge is 0.276 e. The number of nitrogens with zero attached hydrogens (tertiary/aromatic N) is 2. The molecule has 2 amide bonds. The van der Waals surface area contributed by atoms with Gasteiger partial charge in [-0.3, -0.25) is 9.59 Å². The van der Waals surface area contributed by atoms with E-state index in [1.165, 1.54) is 12.1 Å². The van der Waals surface area contributed by atoms with Crippen LogP contribution in [0, 0.1) is 0 Å². The maximum atomic E-state index is 12.1. The summed E-state index contributed by atoms with van der Waals surface area (Å²) in [5.41, 5.74) is 5.91. The van der Waals surface area contributed by atoms with E-state index >= 15 is 0 Å². The second kappa shape index (κ2) is 6.47. The number of rotatable bonds is 5. The number of carbonyl (C=O) groups excluding carboxylic acids is 2. The van der Waals surface area contributed by atoms with E-state index in [2.05, 4.69) is 15.5 Å². The molecule has 0 unspecified atom stereocenters. The van der Waals surface area contributed by atoms with Gasteiger partial charge in [-0.2, -0.15) is 0 Å². The molecule has 2 aromatic rings. The summed E-state index contributed by atoms with van der Waals surface area (Å²) in [5.74, 6) is -0.769. The van der Waals surface area contributed by atoms with Gasteiger partial charge in [0, 0.05) is 6.07 Å². The minimum atomic E-state index is -0.622. The number of anilines is 1. The quantitative estimate of drug-likeness (QED) is 0.859. The zero-order chi connectivity index (χ0) is 15.2. The van der Waals surface area contributed by atoms with Gasteiger partial charge in [-0.25, -0.2) is 0 Å². The first-order valence-corrected chi connectivity index (χ1v) is 6.28. The van der Waals surface area contributed by atoms with Crippen LogP contribution in [0.5, 0.6) is 5.88 Å². The van der Waals surface area contributed by atoms with Crippen LogP contribution in [0.2, 0.25) is 0 Å². The van der Waals surface area contributed by atoms with Crippen molar-refractivity contribution < 1.29 is 14.3 Å². The predicted octanol–water partition coefficient (Wildman–Crippen LogP) is 1.23. The Labute approximate surface area is 121 Å². The van der Waals surface area contributed by atoms with E-state index in [4.69, 9.17) is 10.5 Å². The van der Waals surface area contributed by atoms with E-state index in [1.807, 2.05) is 6.92 Å². The number of nitrogens with two attached hydrogens (primary N) is 1. The van der Waals surface area contributed by atoms with Crippen molar-refractivity contribution in [3.63, 3.8) is 0 Å². The lowest BCUT2D eigenvalue weighted by molar-refractivity contribution is 0.100. The molecule has 0 atom stereocenters. The van der Waals surface area contributed by atoms with Crippen LogP contribution < -0.4 is 15.8 Å². The molecule has 3 N–H and O–H groups in total. The van der Waals surface area contributed by atoms with Gasteiger partial charge in [0.15, 0.2) is 5.69 Å². The summed E-state index contributed by atoms with van der Waals surface area (Å²) < 4.78 is 5.14. The van der Waals surface area contributed by atoms with Crippen molar-refractivity contribution in [2.45, 2.75) is 6.92 Å². The summed E-state index contributed by atoms with van der Waals surface area (Å²) in [7, 11) is 0. The minimum absolute atomic E-state index is 0.109. The zero-order valence-electron chi connectivity index (χ0n) is 11.4. The first-order valence-electron chi connectivity index (χ1n) is 6.28. The monoisotopic (exact) mass is 286 g/mol. The fourth-order valence-corrected chi connectivity index (χ4v) is 1.66. The van der Waals surface area contributed by atoms with Gasteiger partial charge < -0.3 is 15.8 Å². The molecule has 0 fully saturated rings. The molecule has 2 rings (SSSR count). The number of amides is 2. The molecule has 0 aliphatic rings. The molecule has 21 heavy (non-hydrogen) atoms. The molecule has 108 valence electrons. The van der Waals surface area contributed by atoms with Gasteiger partial charge in [0.1, 0.15) is 0 Å². The normalized spacial score (nSPS) is 9.95. The molecule has 7 nitrogen and oxygen atoms in total. The molecule has 1 aromatic heterocycles. The van der Waals surface area contributed by atoms with Crippen molar-refractivity contribution in [1.82, 2.24) is 10.2 Å². The number of primary amides is 1. The minimum Gasteiger partial charge on any atom is -0.477 e. The highest BCUT2D eigenvalue weighted by atomic mass is 16.5. The van der Waals surface area contributed by atoms with Gasteiger partial charge in [0.2, 0.25) is 5.88 Å². The summed E-state index contributed by atoms with van der Waals surface area (Å²) in [4.78, 5) is 23.3. The van der Waals surface area contributed by atoms with Crippen molar-refractivity contribution in [2.75, 3.05) is 11.9 Å². The van der Waals surface area contributed by atoms with Crippen molar-refractivity contribution in [3.8, 4) is 5.88 Å². The topological polar surface area (TPSA) is 107 Å². The SMILES string of the molecule is CCOc1ccc(C(=O)Nc2ccccc2C(N)=O)nn1. The standard InChI is InChI=1S/C14H14N4O3/c1-2-21-12-8-7-11(17-18-12)14(20)16-10-6-4-3-5-9(10)13(15)19/h3-8H,2H2,1H3,(H2,15,19)(H,16,20). The molecule has 1 heterocycles. The summed E-state index contributed by atoms with van der Waals surface area (Å²) in [6.45, 7) is 2.29. The molecular formula is C14H14N4O3. The van der Waals surface area contributed by atoms with Gasteiger partial charge in [0.05, 0.1) is 17.9 Å². The molecule has 0 saturated heterocycles. The van der Waals surface area contributed by atoms with Crippen LogP contribution in [0.25, 0.3) is 0 Å². The number of aromatic nitrogens is 2. The third-order valence-corrected chi connectivity index (χ3v) is 2.61. The van der Waals surface area contributed by atoms with E-state index in [9.17, 15) is 9.59 Å². The Balaban J connectivity index is 2.16.